The van der Waals surface area contributed by atoms with Crippen LogP contribution in [-0.2, 0) is 0 Å². The Bertz CT molecular complexity index is 1070. The van der Waals surface area contributed by atoms with Crippen molar-refractivity contribution >= 4 is 17.0 Å². The molecule has 128 valence electrons. The molecule has 0 amide bonds. The monoisotopic (exact) mass is 365 g/mol. The van der Waals surface area contributed by atoms with Crippen LogP contribution in [0.4, 0.5) is 5.69 Å². The van der Waals surface area contributed by atoms with Crippen molar-refractivity contribution in [1.29, 1.82) is 0 Å². The molecule has 26 heavy (non-hydrogen) atoms. The molecule has 0 fully saturated rings. The Hall–Kier alpha value is -3.46. The van der Waals surface area contributed by atoms with Crippen LogP contribution in [0.3, 0.4) is 0 Å². The molecule has 0 aliphatic rings. The second-order valence-electron chi connectivity index (χ2n) is 5.39. The number of rotatable bonds is 4. The fourth-order valence-electron chi connectivity index (χ4n) is 2.36. The zero-order valence-corrected chi connectivity index (χ0v) is 14.3. The quantitative estimate of drug-likeness (QED) is 0.395. The first-order valence-corrected chi connectivity index (χ1v) is 8.40. The number of hydrogen-bond acceptors (Lipinski definition) is 8. The molecule has 4 aromatic rings. The van der Waals surface area contributed by atoms with E-state index >= 15 is 0 Å². The highest BCUT2D eigenvalue weighted by molar-refractivity contribution is 7.18. The minimum Gasteiger partial charge on any atom is -0.415 e. The largest absolute Gasteiger partial charge is 0.415 e. The van der Waals surface area contributed by atoms with Crippen LogP contribution in [-0.4, -0.2) is 25.1 Å². The summed E-state index contributed by atoms with van der Waals surface area (Å²) < 4.78 is 5.75. The van der Waals surface area contributed by atoms with Gasteiger partial charge in [0.25, 0.3) is 11.6 Å². The van der Waals surface area contributed by atoms with Gasteiger partial charge in [-0.3, -0.25) is 15.1 Å². The number of nitrogens with zero attached hydrogens (tertiary/aromatic N) is 5. The van der Waals surface area contributed by atoms with Gasteiger partial charge in [0, 0.05) is 35.7 Å². The van der Waals surface area contributed by atoms with Crippen LogP contribution in [0.15, 0.2) is 53.2 Å². The fourth-order valence-corrected chi connectivity index (χ4v) is 3.34. The van der Waals surface area contributed by atoms with Gasteiger partial charge >= 0.3 is 0 Å². The molecule has 0 aliphatic carbocycles. The molecule has 1 aromatic carbocycles. The van der Waals surface area contributed by atoms with Crippen molar-refractivity contribution in [2.45, 2.75) is 6.92 Å². The summed E-state index contributed by atoms with van der Waals surface area (Å²) >= 11 is 1.44. The van der Waals surface area contributed by atoms with Gasteiger partial charge in [0.2, 0.25) is 5.89 Å². The molecule has 0 N–H and O–H groups in total. The lowest BCUT2D eigenvalue weighted by atomic mass is 10.2. The van der Waals surface area contributed by atoms with Crippen molar-refractivity contribution in [2.75, 3.05) is 0 Å². The molecular formula is C17H11N5O3S. The first-order chi connectivity index (χ1) is 12.6. The van der Waals surface area contributed by atoms with E-state index in [0.717, 1.165) is 21.1 Å². The van der Waals surface area contributed by atoms with E-state index in [0.29, 0.717) is 17.3 Å². The molecule has 0 atom stereocenters. The number of aryl methyl sites for hydroxylation is 1. The Labute approximate surface area is 151 Å². The molecule has 0 spiro atoms. The van der Waals surface area contributed by atoms with E-state index in [9.17, 15) is 10.1 Å². The molecule has 8 nitrogen and oxygen atoms in total. The molecule has 9 heteroatoms. The van der Waals surface area contributed by atoms with E-state index in [1.165, 1.54) is 23.5 Å². The maximum atomic E-state index is 10.7. The standard InChI is InChI=1S/C17H11N5O3S/c1-10-14(26-17(19-10)12-3-2-8-18-9-12)16-21-20-15(25-16)11-4-6-13(7-5-11)22(23)24/h2-9H,1H3. The van der Waals surface area contributed by atoms with Gasteiger partial charge in [-0.1, -0.05) is 0 Å². The van der Waals surface area contributed by atoms with Crippen LogP contribution in [0.2, 0.25) is 0 Å². The second kappa shape index (κ2) is 6.45. The van der Waals surface area contributed by atoms with E-state index < -0.39 is 4.92 Å². The number of thiazole rings is 1. The predicted molar refractivity (Wildman–Crippen MR) is 95.5 cm³/mol. The summed E-state index contributed by atoms with van der Waals surface area (Å²) in [5.41, 5.74) is 2.33. The van der Waals surface area contributed by atoms with Gasteiger partial charge in [0.1, 0.15) is 9.88 Å². The van der Waals surface area contributed by atoms with Crippen molar-refractivity contribution in [2.24, 2.45) is 0 Å². The number of aromatic nitrogens is 4. The van der Waals surface area contributed by atoms with Crippen LogP contribution in [0, 0.1) is 17.0 Å². The summed E-state index contributed by atoms with van der Waals surface area (Å²) in [5.74, 6) is 0.661. The summed E-state index contributed by atoms with van der Waals surface area (Å²) in [6.07, 6.45) is 3.46. The number of nitro benzene ring substituents is 1. The molecule has 4 rings (SSSR count). The van der Waals surface area contributed by atoms with Crippen molar-refractivity contribution in [3.63, 3.8) is 0 Å². The smallest absolute Gasteiger partial charge is 0.269 e. The van der Waals surface area contributed by atoms with Gasteiger partial charge in [-0.25, -0.2) is 4.98 Å². The third kappa shape index (κ3) is 2.95. The van der Waals surface area contributed by atoms with Crippen molar-refractivity contribution in [1.82, 2.24) is 20.2 Å². The van der Waals surface area contributed by atoms with Crippen molar-refractivity contribution < 1.29 is 9.34 Å². The second-order valence-corrected chi connectivity index (χ2v) is 6.39. The van der Waals surface area contributed by atoms with Gasteiger partial charge in [-0.2, -0.15) is 0 Å². The minimum atomic E-state index is -0.455. The number of non-ortho nitro benzene ring substituents is 1. The predicted octanol–water partition coefficient (Wildman–Crippen LogP) is 4.14. The minimum absolute atomic E-state index is 0.00732. The Morgan fingerprint density at radius 2 is 1.85 bits per heavy atom. The van der Waals surface area contributed by atoms with Crippen LogP contribution in [0.25, 0.3) is 32.8 Å². The first-order valence-electron chi connectivity index (χ1n) is 7.58. The van der Waals surface area contributed by atoms with E-state index in [4.69, 9.17) is 4.42 Å². The highest BCUT2D eigenvalue weighted by atomic mass is 32.1. The lowest BCUT2D eigenvalue weighted by molar-refractivity contribution is -0.384. The van der Waals surface area contributed by atoms with Crippen LogP contribution >= 0.6 is 11.3 Å². The normalized spacial score (nSPS) is 10.8. The molecule has 0 unspecified atom stereocenters. The molecule has 0 bridgehead atoms. The number of pyridine rings is 1. The number of hydrogen-bond donors (Lipinski definition) is 0. The maximum Gasteiger partial charge on any atom is 0.269 e. The van der Waals surface area contributed by atoms with Crippen LogP contribution < -0.4 is 0 Å². The lowest BCUT2D eigenvalue weighted by Gasteiger charge is -1.94. The molecule has 0 aliphatic heterocycles. The fraction of sp³-hybridized carbons (Fsp3) is 0.0588. The van der Waals surface area contributed by atoms with Crippen molar-refractivity contribution in [3.8, 4) is 32.8 Å². The van der Waals surface area contributed by atoms with E-state index in [-0.39, 0.29) is 5.69 Å². The van der Waals surface area contributed by atoms with Gasteiger partial charge in [0.05, 0.1) is 10.6 Å². The zero-order chi connectivity index (χ0) is 18.1. The summed E-state index contributed by atoms with van der Waals surface area (Å²) in [7, 11) is 0. The Morgan fingerprint density at radius 1 is 1.08 bits per heavy atom. The van der Waals surface area contributed by atoms with E-state index in [2.05, 4.69) is 20.2 Å². The molecule has 3 heterocycles. The number of benzene rings is 1. The van der Waals surface area contributed by atoms with Crippen LogP contribution in [0.1, 0.15) is 5.69 Å². The Balaban J connectivity index is 1.66. The average molecular weight is 365 g/mol. The van der Waals surface area contributed by atoms with Crippen LogP contribution in [0.5, 0.6) is 0 Å². The zero-order valence-electron chi connectivity index (χ0n) is 13.5. The summed E-state index contributed by atoms with van der Waals surface area (Å²) in [4.78, 5) is 19.7. The molecule has 0 radical (unpaired) electrons. The van der Waals surface area contributed by atoms with Crippen molar-refractivity contribution in [3.05, 3.63) is 64.6 Å². The van der Waals surface area contributed by atoms with Gasteiger partial charge < -0.3 is 4.42 Å². The molecule has 3 aromatic heterocycles. The van der Waals surface area contributed by atoms with E-state index in [1.54, 1.807) is 24.5 Å². The summed E-state index contributed by atoms with van der Waals surface area (Å²) in [6.45, 7) is 1.88. The summed E-state index contributed by atoms with van der Waals surface area (Å²) in [6, 6.07) is 9.75. The Kier molecular flexibility index (Phi) is 3.98. The number of nitro groups is 1. The highest BCUT2D eigenvalue weighted by Crippen LogP contribution is 2.35. The Morgan fingerprint density at radius 3 is 2.54 bits per heavy atom. The first kappa shape index (κ1) is 16.0. The molecule has 0 saturated heterocycles. The third-order valence-corrected chi connectivity index (χ3v) is 4.84. The van der Waals surface area contributed by atoms with Gasteiger partial charge in [-0.05, 0) is 31.2 Å². The van der Waals surface area contributed by atoms with Gasteiger partial charge in [-0.15, -0.1) is 21.5 Å². The SMILES string of the molecule is Cc1nc(-c2cccnc2)sc1-c1nnc(-c2ccc([N+](=O)[O-])cc2)o1. The average Bonchev–Trinajstić information content (AvgIpc) is 3.29. The molecular weight excluding hydrogens is 354 g/mol. The topological polar surface area (TPSA) is 108 Å². The third-order valence-electron chi connectivity index (χ3n) is 3.65. The maximum absolute atomic E-state index is 10.7. The molecule has 0 saturated carbocycles. The van der Waals surface area contributed by atoms with Gasteiger partial charge in [0.15, 0.2) is 0 Å². The lowest BCUT2D eigenvalue weighted by Crippen LogP contribution is -1.87. The van der Waals surface area contributed by atoms with E-state index in [1.807, 2.05) is 19.1 Å². The summed E-state index contributed by atoms with van der Waals surface area (Å²) in [5, 5.41) is 19.7. The highest BCUT2D eigenvalue weighted by Gasteiger charge is 2.18.